The van der Waals surface area contributed by atoms with E-state index in [1.807, 2.05) is 49.8 Å². The zero-order chi connectivity index (χ0) is 17.1. The number of nitrogens with zero attached hydrogens (tertiary/aromatic N) is 1. The summed E-state index contributed by atoms with van der Waals surface area (Å²) in [6, 6.07) is 10.0. The lowest BCUT2D eigenvalue weighted by atomic mass is 10.0. The summed E-state index contributed by atoms with van der Waals surface area (Å²) in [5, 5.41) is 2.87. The number of ketones is 1. The number of aromatic nitrogens is 1. The van der Waals surface area contributed by atoms with Gasteiger partial charge in [-0.3, -0.25) is 14.6 Å². The molecule has 121 valence electrons. The first kappa shape index (κ1) is 16.1. The predicted octanol–water partition coefficient (Wildman–Crippen LogP) is 3.20. The minimum atomic E-state index is -0.0397. The molecule has 4 nitrogen and oxygen atoms in total. The van der Waals surface area contributed by atoms with Crippen LogP contribution in [0, 0.1) is 6.42 Å². The minimum absolute atomic E-state index is 0.0118. The average Bonchev–Trinajstić information content (AvgIpc) is 3.39. The molecule has 0 spiro atoms. The molecule has 0 unspecified atom stereocenters. The fourth-order valence-electron chi connectivity index (χ4n) is 2.62. The van der Waals surface area contributed by atoms with Gasteiger partial charge in [0, 0.05) is 36.9 Å². The molecule has 3 rings (SSSR count). The highest BCUT2D eigenvalue weighted by Crippen LogP contribution is 2.23. The summed E-state index contributed by atoms with van der Waals surface area (Å²) in [6.07, 6.45) is 7.73. The van der Waals surface area contributed by atoms with E-state index < -0.39 is 0 Å². The number of pyridine rings is 1. The zero-order valence-corrected chi connectivity index (χ0v) is 13.7. The molecular formula is C20H19N2O2. The molecule has 4 heteroatoms. The summed E-state index contributed by atoms with van der Waals surface area (Å²) in [5.41, 5.74) is 4.59. The van der Waals surface area contributed by atoms with Gasteiger partial charge in [-0.2, -0.15) is 0 Å². The number of nitrogens with one attached hydrogen (secondary N) is 1. The number of hydrogen-bond donors (Lipinski definition) is 1. The average molecular weight is 319 g/mol. The van der Waals surface area contributed by atoms with Crippen molar-refractivity contribution in [1.82, 2.24) is 10.3 Å². The number of hydrogen-bond acceptors (Lipinski definition) is 3. The van der Waals surface area contributed by atoms with Gasteiger partial charge in [-0.1, -0.05) is 30.3 Å². The maximum Gasteiger partial charge on any atom is 0.217 e. The monoisotopic (exact) mass is 319 g/mol. The highest BCUT2D eigenvalue weighted by Gasteiger charge is 2.19. The number of allylic oxidation sites excluding steroid dienone is 2. The predicted molar refractivity (Wildman–Crippen MR) is 92.4 cm³/mol. The third kappa shape index (κ3) is 3.96. The van der Waals surface area contributed by atoms with Crippen LogP contribution in [0.2, 0.25) is 0 Å². The van der Waals surface area contributed by atoms with Crippen molar-refractivity contribution >= 4 is 11.7 Å². The van der Waals surface area contributed by atoms with E-state index in [1.165, 1.54) is 6.92 Å². The number of amides is 1. The molecule has 2 aromatic rings. The summed E-state index contributed by atoms with van der Waals surface area (Å²) in [5.74, 6) is -0.00835. The molecule has 1 atom stereocenters. The molecular weight excluding hydrogens is 300 g/mol. The summed E-state index contributed by atoms with van der Waals surface area (Å²) in [4.78, 5) is 27.3. The third-order valence-electron chi connectivity index (χ3n) is 3.96. The molecule has 1 amide bonds. The SMILES string of the molecule is CC(=O)N[C@@H](C)c1ccc(Cc2cncc(C(=O)C3=C[CH]3)c2)cc1. The van der Waals surface area contributed by atoms with E-state index in [-0.39, 0.29) is 17.7 Å². The first-order chi connectivity index (χ1) is 11.5. The van der Waals surface area contributed by atoms with E-state index in [4.69, 9.17) is 0 Å². The van der Waals surface area contributed by atoms with Crippen molar-refractivity contribution in [3.8, 4) is 0 Å². The van der Waals surface area contributed by atoms with Crippen LogP contribution < -0.4 is 5.32 Å². The Hall–Kier alpha value is -2.75. The summed E-state index contributed by atoms with van der Waals surface area (Å²) in [7, 11) is 0. The van der Waals surface area contributed by atoms with Crippen molar-refractivity contribution in [1.29, 1.82) is 0 Å². The number of benzene rings is 1. The second-order valence-electron chi connectivity index (χ2n) is 6.04. The molecule has 1 N–H and O–H groups in total. The number of Topliss-reactive ketones (excluding diaryl/α,β-unsaturated/α-hetero) is 1. The van der Waals surface area contributed by atoms with Gasteiger partial charge in [-0.25, -0.2) is 0 Å². The second kappa shape index (κ2) is 6.79. The van der Waals surface area contributed by atoms with Crippen molar-refractivity contribution in [3.05, 3.63) is 83.0 Å². The number of rotatable bonds is 6. The molecule has 0 saturated heterocycles. The first-order valence-corrected chi connectivity index (χ1v) is 7.92. The van der Waals surface area contributed by atoms with Gasteiger partial charge in [0.2, 0.25) is 5.91 Å². The van der Waals surface area contributed by atoms with Crippen molar-refractivity contribution in [2.24, 2.45) is 0 Å². The van der Waals surface area contributed by atoms with E-state index in [0.717, 1.165) is 22.3 Å². The minimum Gasteiger partial charge on any atom is -0.350 e. The largest absolute Gasteiger partial charge is 0.350 e. The van der Waals surface area contributed by atoms with Crippen LogP contribution in [-0.4, -0.2) is 16.7 Å². The van der Waals surface area contributed by atoms with Gasteiger partial charge >= 0.3 is 0 Å². The van der Waals surface area contributed by atoms with E-state index >= 15 is 0 Å². The molecule has 0 aliphatic heterocycles. The van der Waals surface area contributed by atoms with Gasteiger partial charge in [0.15, 0.2) is 5.78 Å². The van der Waals surface area contributed by atoms with Crippen LogP contribution in [0.4, 0.5) is 0 Å². The standard InChI is InChI=1S/C20H19N2O2/c1-13(22-14(2)23)17-5-3-15(4-6-17)9-16-10-19(12-21-11-16)20(24)18-7-8-18/h3-8,10-13H,9H2,1-2H3,(H,22,23)/t13-/m0/s1. The Morgan fingerprint density at radius 2 is 1.83 bits per heavy atom. The van der Waals surface area contributed by atoms with Gasteiger partial charge in [0.25, 0.3) is 0 Å². The highest BCUT2D eigenvalue weighted by molar-refractivity contribution is 6.13. The number of carbonyl (C=O) groups is 2. The van der Waals surface area contributed by atoms with Crippen molar-refractivity contribution in [3.63, 3.8) is 0 Å². The Kier molecular flexibility index (Phi) is 4.56. The van der Waals surface area contributed by atoms with E-state index in [2.05, 4.69) is 10.3 Å². The Bertz CT molecular complexity index is 807. The second-order valence-corrected chi connectivity index (χ2v) is 6.04. The van der Waals surface area contributed by atoms with Crippen LogP contribution in [0.3, 0.4) is 0 Å². The summed E-state index contributed by atoms with van der Waals surface area (Å²) < 4.78 is 0. The van der Waals surface area contributed by atoms with Crippen molar-refractivity contribution in [2.45, 2.75) is 26.3 Å². The fraction of sp³-hybridized carbons (Fsp3) is 0.200. The van der Waals surface area contributed by atoms with Crippen molar-refractivity contribution in [2.75, 3.05) is 0 Å². The van der Waals surface area contributed by atoms with Crippen LogP contribution in [0.25, 0.3) is 0 Å². The van der Waals surface area contributed by atoms with Crippen LogP contribution >= 0.6 is 0 Å². The highest BCUT2D eigenvalue weighted by atomic mass is 16.1. The Balaban J connectivity index is 1.70. The van der Waals surface area contributed by atoms with Crippen molar-refractivity contribution < 1.29 is 9.59 Å². The maximum atomic E-state index is 12.0. The molecule has 1 aliphatic carbocycles. The van der Waals surface area contributed by atoms with Crippen LogP contribution in [0.1, 0.15) is 46.9 Å². The lowest BCUT2D eigenvalue weighted by Crippen LogP contribution is -2.23. The Labute approximate surface area is 141 Å². The van der Waals surface area contributed by atoms with Gasteiger partial charge < -0.3 is 5.32 Å². The quantitative estimate of drug-likeness (QED) is 0.832. The van der Waals surface area contributed by atoms with Crippen LogP contribution in [-0.2, 0) is 11.2 Å². The first-order valence-electron chi connectivity index (χ1n) is 7.92. The molecule has 1 aliphatic rings. The van der Waals surface area contributed by atoms with E-state index in [1.54, 1.807) is 12.4 Å². The summed E-state index contributed by atoms with van der Waals surface area (Å²) >= 11 is 0. The van der Waals surface area contributed by atoms with Gasteiger partial charge in [0.1, 0.15) is 0 Å². The van der Waals surface area contributed by atoms with Gasteiger partial charge in [-0.05, 0) is 36.1 Å². The molecule has 1 heterocycles. The number of carbonyl (C=O) groups excluding carboxylic acids is 2. The lowest BCUT2D eigenvalue weighted by Gasteiger charge is -2.13. The van der Waals surface area contributed by atoms with E-state index in [9.17, 15) is 9.59 Å². The fourth-order valence-corrected chi connectivity index (χ4v) is 2.62. The normalized spacial score (nSPS) is 13.8. The molecule has 1 aromatic heterocycles. The zero-order valence-electron chi connectivity index (χ0n) is 13.7. The third-order valence-corrected chi connectivity index (χ3v) is 3.96. The molecule has 1 radical (unpaired) electrons. The van der Waals surface area contributed by atoms with Gasteiger partial charge in [-0.15, -0.1) is 0 Å². The van der Waals surface area contributed by atoms with Crippen LogP contribution in [0.15, 0.2) is 54.4 Å². The molecule has 1 aromatic carbocycles. The molecule has 0 saturated carbocycles. The van der Waals surface area contributed by atoms with E-state index in [0.29, 0.717) is 12.0 Å². The Morgan fingerprint density at radius 1 is 1.12 bits per heavy atom. The smallest absolute Gasteiger partial charge is 0.217 e. The Morgan fingerprint density at radius 3 is 2.46 bits per heavy atom. The molecule has 24 heavy (non-hydrogen) atoms. The topological polar surface area (TPSA) is 59.1 Å². The lowest BCUT2D eigenvalue weighted by molar-refractivity contribution is -0.119. The molecule has 0 fully saturated rings. The van der Waals surface area contributed by atoms with Gasteiger partial charge in [0.05, 0.1) is 6.04 Å². The van der Waals surface area contributed by atoms with Crippen LogP contribution in [0.5, 0.6) is 0 Å². The molecule has 0 bridgehead atoms. The summed E-state index contributed by atoms with van der Waals surface area (Å²) in [6.45, 7) is 3.47. The maximum absolute atomic E-state index is 12.0.